The summed E-state index contributed by atoms with van der Waals surface area (Å²) in [7, 11) is 1.71. The lowest BCUT2D eigenvalue weighted by atomic mass is 10.1. The van der Waals surface area contributed by atoms with E-state index in [1.165, 1.54) is 12.3 Å². The Morgan fingerprint density at radius 2 is 2.00 bits per heavy atom. The molecule has 6 heteroatoms. The highest BCUT2D eigenvalue weighted by atomic mass is 19.4. The summed E-state index contributed by atoms with van der Waals surface area (Å²) in [5, 5.41) is 0. The molecule has 20 heavy (non-hydrogen) atoms. The summed E-state index contributed by atoms with van der Waals surface area (Å²) in [6.45, 7) is 0.253. The topological polar surface area (TPSA) is 42.4 Å². The van der Waals surface area contributed by atoms with Crippen LogP contribution in [0.3, 0.4) is 0 Å². The van der Waals surface area contributed by atoms with E-state index in [1.807, 2.05) is 0 Å². The molecule has 0 spiro atoms. The van der Waals surface area contributed by atoms with Gasteiger partial charge >= 0.3 is 6.18 Å². The first-order valence-electron chi connectivity index (χ1n) is 6.05. The SMILES string of the molecule is CN(Cc1ccco1)c1ccc(CN)c(C(F)(F)F)c1. The number of furan rings is 1. The fourth-order valence-electron chi connectivity index (χ4n) is 1.97. The van der Waals surface area contributed by atoms with Crippen LogP contribution in [0.5, 0.6) is 0 Å². The number of rotatable bonds is 4. The van der Waals surface area contributed by atoms with Crippen molar-refractivity contribution in [3.63, 3.8) is 0 Å². The molecule has 108 valence electrons. The highest BCUT2D eigenvalue weighted by Crippen LogP contribution is 2.34. The molecule has 0 radical (unpaired) electrons. The molecular weight excluding hydrogens is 269 g/mol. The Bertz CT molecular complexity index is 564. The number of halogens is 3. The third-order valence-corrected chi connectivity index (χ3v) is 3.03. The van der Waals surface area contributed by atoms with Crippen LogP contribution in [0, 0.1) is 0 Å². The van der Waals surface area contributed by atoms with Gasteiger partial charge in [-0.15, -0.1) is 0 Å². The number of hydrogen-bond donors (Lipinski definition) is 1. The maximum Gasteiger partial charge on any atom is 0.416 e. The predicted molar refractivity (Wildman–Crippen MR) is 70.2 cm³/mol. The molecule has 0 saturated heterocycles. The van der Waals surface area contributed by atoms with Gasteiger partial charge in [-0.25, -0.2) is 0 Å². The van der Waals surface area contributed by atoms with Crippen molar-refractivity contribution in [1.82, 2.24) is 0 Å². The zero-order valence-corrected chi connectivity index (χ0v) is 10.9. The maximum atomic E-state index is 13.0. The van der Waals surface area contributed by atoms with Crippen LogP contribution >= 0.6 is 0 Å². The molecule has 0 atom stereocenters. The number of nitrogens with two attached hydrogens (primary N) is 1. The van der Waals surface area contributed by atoms with Crippen molar-refractivity contribution in [2.75, 3.05) is 11.9 Å². The van der Waals surface area contributed by atoms with Gasteiger partial charge in [-0.1, -0.05) is 6.07 Å². The molecule has 2 rings (SSSR count). The summed E-state index contributed by atoms with van der Waals surface area (Å²) in [4.78, 5) is 1.69. The van der Waals surface area contributed by atoms with Crippen molar-refractivity contribution in [2.45, 2.75) is 19.3 Å². The first-order valence-corrected chi connectivity index (χ1v) is 6.05. The lowest BCUT2D eigenvalue weighted by molar-refractivity contribution is -0.138. The Morgan fingerprint density at radius 3 is 2.55 bits per heavy atom. The molecule has 1 heterocycles. The molecule has 0 saturated carbocycles. The van der Waals surface area contributed by atoms with Crippen LogP contribution < -0.4 is 10.6 Å². The van der Waals surface area contributed by atoms with Gasteiger partial charge in [-0.05, 0) is 29.8 Å². The van der Waals surface area contributed by atoms with Crippen LogP contribution in [0.25, 0.3) is 0 Å². The third kappa shape index (κ3) is 3.14. The van der Waals surface area contributed by atoms with Crippen LogP contribution in [0.2, 0.25) is 0 Å². The zero-order valence-electron chi connectivity index (χ0n) is 10.9. The molecule has 1 aromatic heterocycles. The second kappa shape index (κ2) is 5.58. The highest BCUT2D eigenvalue weighted by molar-refractivity contribution is 5.51. The van der Waals surface area contributed by atoms with E-state index in [1.54, 1.807) is 30.1 Å². The van der Waals surface area contributed by atoms with Gasteiger partial charge in [0.1, 0.15) is 5.76 Å². The van der Waals surface area contributed by atoms with Crippen LogP contribution in [-0.2, 0) is 19.3 Å². The van der Waals surface area contributed by atoms with E-state index in [9.17, 15) is 13.2 Å². The van der Waals surface area contributed by atoms with Gasteiger partial charge in [0.05, 0.1) is 18.4 Å². The van der Waals surface area contributed by atoms with Crippen LogP contribution in [0.1, 0.15) is 16.9 Å². The summed E-state index contributed by atoms with van der Waals surface area (Å²) in [6.07, 6.45) is -2.88. The first kappa shape index (κ1) is 14.5. The van der Waals surface area contributed by atoms with Gasteiger partial charge < -0.3 is 15.1 Å². The van der Waals surface area contributed by atoms with Crippen molar-refractivity contribution in [2.24, 2.45) is 5.73 Å². The van der Waals surface area contributed by atoms with E-state index in [-0.39, 0.29) is 12.1 Å². The largest absolute Gasteiger partial charge is 0.467 e. The summed E-state index contributed by atoms with van der Waals surface area (Å²) in [5.74, 6) is 0.684. The number of benzene rings is 1. The minimum Gasteiger partial charge on any atom is -0.467 e. The highest BCUT2D eigenvalue weighted by Gasteiger charge is 2.33. The molecule has 0 aliphatic rings. The van der Waals surface area contributed by atoms with E-state index >= 15 is 0 Å². The lowest BCUT2D eigenvalue weighted by Crippen LogP contribution is -2.18. The summed E-state index contributed by atoms with van der Waals surface area (Å²) >= 11 is 0. The quantitative estimate of drug-likeness (QED) is 0.935. The van der Waals surface area contributed by atoms with Crippen molar-refractivity contribution >= 4 is 5.69 Å². The van der Waals surface area contributed by atoms with Gasteiger partial charge in [0.2, 0.25) is 0 Å². The summed E-state index contributed by atoms with van der Waals surface area (Å²) in [5.41, 5.74) is 5.22. The average Bonchev–Trinajstić information content (AvgIpc) is 2.89. The van der Waals surface area contributed by atoms with E-state index < -0.39 is 11.7 Å². The smallest absolute Gasteiger partial charge is 0.416 e. The Labute approximate surface area is 114 Å². The molecule has 2 aromatic rings. The first-order chi connectivity index (χ1) is 9.41. The molecule has 3 nitrogen and oxygen atoms in total. The van der Waals surface area contributed by atoms with Gasteiger partial charge in [0.15, 0.2) is 0 Å². The van der Waals surface area contributed by atoms with Crippen LogP contribution in [-0.4, -0.2) is 7.05 Å². The van der Waals surface area contributed by atoms with E-state index in [2.05, 4.69) is 0 Å². The van der Waals surface area contributed by atoms with Gasteiger partial charge in [-0.2, -0.15) is 13.2 Å². The normalized spacial score (nSPS) is 11.7. The number of nitrogens with zero attached hydrogens (tertiary/aromatic N) is 1. The predicted octanol–water partition coefficient (Wildman–Crippen LogP) is 3.39. The second-order valence-corrected chi connectivity index (χ2v) is 4.48. The van der Waals surface area contributed by atoms with Crippen molar-refractivity contribution in [1.29, 1.82) is 0 Å². The zero-order chi connectivity index (χ0) is 14.8. The average molecular weight is 284 g/mol. The van der Waals surface area contributed by atoms with Gasteiger partial charge in [0.25, 0.3) is 0 Å². The Morgan fingerprint density at radius 1 is 1.25 bits per heavy atom. The van der Waals surface area contributed by atoms with Gasteiger partial charge in [-0.3, -0.25) is 0 Å². The molecule has 2 N–H and O–H groups in total. The van der Waals surface area contributed by atoms with Crippen molar-refractivity contribution in [3.8, 4) is 0 Å². The number of alkyl halides is 3. The van der Waals surface area contributed by atoms with E-state index in [4.69, 9.17) is 10.2 Å². The molecule has 0 amide bonds. The summed E-state index contributed by atoms with van der Waals surface area (Å²) < 4.78 is 44.1. The number of anilines is 1. The fraction of sp³-hybridized carbons (Fsp3) is 0.286. The van der Waals surface area contributed by atoms with Crippen LogP contribution in [0.15, 0.2) is 41.0 Å². The van der Waals surface area contributed by atoms with Crippen molar-refractivity contribution in [3.05, 3.63) is 53.5 Å². The van der Waals surface area contributed by atoms with Crippen molar-refractivity contribution < 1.29 is 17.6 Å². The van der Waals surface area contributed by atoms with E-state index in [0.29, 0.717) is 18.0 Å². The summed E-state index contributed by atoms with van der Waals surface area (Å²) in [6, 6.07) is 7.67. The molecule has 0 fully saturated rings. The maximum absolute atomic E-state index is 13.0. The fourth-order valence-corrected chi connectivity index (χ4v) is 1.97. The Kier molecular flexibility index (Phi) is 4.04. The standard InChI is InChI=1S/C14H15F3N2O/c1-19(9-12-3-2-6-20-12)11-5-4-10(8-18)13(7-11)14(15,16)17/h2-7H,8-9,18H2,1H3. The third-order valence-electron chi connectivity index (χ3n) is 3.03. The molecule has 1 aromatic carbocycles. The second-order valence-electron chi connectivity index (χ2n) is 4.48. The lowest BCUT2D eigenvalue weighted by Gasteiger charge is -2.21. The van der Waals surface area contributed by atoms with E-state index in [0.717, 1.165) is 6.07 Å². The molecular formula is C14H15F3N2O. The van der Waals surface area contributed by atoms with Crippen LogP contribution in [0.4, 0.5) is 18.9 Å². The Balaban J connectivity index is 2.28. The molecule has 0 unspecified atom stereocenters. The minimum absolute atomic E-state index is 0.0904. The Hall–Kier alpha value is -1.95. The molecule has 0 aliphatic heterocycles. The number of hydrogen-bond acceptors (Lipinski definition) is 3. The monoisotopic (exact) mass is 284 g/mol. The molecule has 0 bridgehead atoms. The molecule has 0 aliphatic carbocycles. The van der Waals surface area contributed by atoms with Gasteiger partial charge in [0, 0.05) is 19.3 Å². The minimum atomic E-state index is -4.41.